The topological polar surface area (TPSA) is 40.9 Å². The van der Waals surface area contributed by atoms with Crippen LogP contribution in [0.3, 0.4) is 0 Å². The summed E-state index contributed by atoms with van der Waals surface area (Å²) >= 11 is 0. The van der Waals surface area contributed by atoms with Gasteiger partial charge < -0.3 is 0 Å². The number of carbonyl (C=O) groups excluding carboxylic acids is 1. The van der Waals surface area contributed by atoms with Crippen LogP contribution in [0.25, 0.3) is 11.1 Å². The summed E-state index contributed by atoms with van der Waals surface area (Å²) in [5.74, 6) is -0.0152. The predicted molar refractivity (Wildman–Crippen MR) is 86.5 cm³/mol. The van der Waals surface area contributed by atoms with Crippen molar-refractivity contribution in [3.63, 3.8) is 0 Å². The van der Waals surface area contributed by atoms with Gasteiger partial charge in [0.1, 0.15) is 0 Å². The summed E-state index contributed by atoms with van der Waals surface area (Å²) in [4.78, 5) is 12.7. The molecule has 0 saturated heterocycles. The first kappa shape index (κ1) is 13.8. The zero-order valence-electron chi connectivity index (χ0n) is 11.9. The SMILES string of the molecule is N#Cc1cccc(-c2ccccc2C(=O)c2ccccc2)c1. The fourth-order valence-electron chi connectivity index (χ4n) is 2.43. The number of rotatable bonds is 3. The van der Waals surface area contributed by atoms with Crippen LogP contribution in [0.4, 0.5) is 0 Å². The van der Waals surface area contributed by atoms with Crippen molar-refractivity contribution in [2.75, 3.05) is 0 Å². The van der Waals surface area contributed by atoms with Crippen molar-refractivity contribution >= 4 is 5.78 Å². The van der Waals surface area contributed by atoms with Gasteiger partial charge in [-0.05, 0) is 23.3 Å². The minimum atomic E-state index is -0.0152. The monoisotopic (exact) mass is 283 g/mol. The lowest BCUT2D eigenvalue weighted by molar-refractivity contribution is 0.103. The molecule has 0 N–H and O–H groups in total. The highest BCUT2D eigenvalue weighted by Crippen LogP contribution is 2.26. The van der Waals surface area contributed by atoms with Crippen molar-refractivity contribution in [3.8, 4) is 17.2 Å². The molecule has 3 aromatic rings. The van der Waals surface area contributed by atoms with E-state index in [4.69, 9.17) is 5.26 Å². The Morgan fingerprint density at radius 3 is 2.32 bits per heavy atom. The van der Waals surface area contributed by atoms with Gasteiger partial charge in [-0.15, -0.1) is 0 Å². The van der Waals surface area contributed by atoms with Crippen LogP contribution in [0.15, 0.2) is 78.9 Å². The molecule has 3 rings (SSSR count). The van der Waals surface area contributed by atoms with Crippen molar-refractivity contribution < 1.29 is 4.79 Å². The third-order valence-corrected chi connectivity index (χ3v) is 3.51. The molecule has 0 bridgehead atoms. The summed E-state index contributed by atoms with van der Waals surface area (Å²) < 4.78 is 0. The second kappa shape index (κ2) is 6.07. The van der Waals surface area contributed by atoms with Crippen LogP contribution in [0.1, 0.15) is 21.5 Å². The summed E-state index contributed by atoms with van der Waals surface area (Å²) in [6.07, 6.45) is 0. The van der Waals surface area contributed by atoms with Gasteiger partial charge in [-0.25, -0.2) is 0 Å². The van der Waals surface area contributed by atoms with Crippen LogP contribution < -0.4 is 0 Å². The summed E-state index contributed by atoms with van der Waals surface area (Å²) in [5.41, 5.74) is 3.60. The van der Waals surface area contributed by atoms with Crippen molar-refractivity contribution in [3.05, 3.63) is 95.6 Å². The molecule has 0 aromatic heterocycles. The number of hydrogen-bond donors (Lipinski definition) is 0. The zero-order valence-corrected chi connectivity index (χ0v) is 11.9. The Balaban J connectivity index is 2.11. The standard InChI is InChI=1S/C20H13NO/c21-14-15-7-6-10-17(13-15)18-11-4-5-12-19(18)20(22)16-8-2-1-3-9-16/h1-13H. The Hall–Kier alpha value is -3.18. The van der Waals surface area contributed by atoms with Gasteiger partial charge in [-0.2, -0.15) is 5.26 Å². The van der Waals surface area contributed by atoms with Crippen LogP contribution in [-0.4, -0.2) is 5.78 Å². The van der Waals surface area contributed by atoms with Crippen molar-refractivity contribution in [2.45, 2.75) is 0 Å². The Morgan fingerprint density at radius 1 is 0.818 bits per heavy atom. The van der Waals surface area contributed by atoms with Gasteiger partial charge in [0.15, 0.2) is 5.78 Å². The molecule has 0 aliphatic heterocycles. The molecule has 0 amide bonds. The minimum Gasteiger partial charge on any atom is -0.289 e. The fourth-order valence-corrected chi connectivity index (χ4v) is 2.43. The highest BCUT2D eigenvalue weighted by molar-refractivity contribution is 6.12. The molecule has 0 radical (unpaired) electrons. The molecular weight excluding hydrogens is 270 g/mol. The minimum absolute atomic E-state index is 0.0152. The van der Waals surface area contributed by atoms with E-state index in [1.54, 1.807) is 12.1 Å². The first-order valence-electron chi connectivity index (χ1n) is 6.99. The normalized spacial score (nSPS) is 9.95. The van der Waals surface area contributed by atoms with E-state index < -0.39 is 0 Å². The number of ketones is 1. The van der Waals surface area contributed by atoms with Gasteiger partial charge in [-0.1, -0.05) is 66.7 Å². The van der Waals surface area contributed by atoms with Gasteiger partial charge in [0.25, 0.3) is 0 Å². The number of benzene rings is 3. The molecule has 22 heavy (non-hydrogen) atoms. The Morgan fingerprint density at radius 2 is 1.55 bits per heavy atom. The molecule has 0 heterocycles. The average molecular weight is 283 g/mol. The van der Waals surface area contributed by atoms with Crippen LogP contribution in [0.5, 0.6) is 0 Å². The molecule has 2 heteroatoms. The van der Waals surface area contributed by atoms with Crippen LogP contribution in [0, 0.1) is 11.3 Å². The molecule has 0 aliphatic rings. The summed E-state index contributed by atoms with van der Waals surface area (Å²) in [5, 5.41) is 9.05. The largest absolute Gasteiger partial charge is 0.289 e. The van der Waals surface area contributed by atoms with E-state index in [2.05, 4.69) is 6.07 Å². The molecule has 0 spiro atoms. The summed E-state index contributed by atoms with van der Waals surface area (Å²) in [7, 11) is 0. The third-order valence-electron chi connectivity index (χ3n) is 3.51. The lowest BCUT2D eigenvalue weighted by Gasteiger charge is -2.09. The van der Waals surface area contributed by atoms with E-state index in [1.807, 2.05) is 66.7 Å². The lowest BCUT2D eigenvalue weighted by atomic mass is 9.93. The molecule has 2 nitrogen and oxygen atoms in total. The predicted octanol–water partition coefficient (Wildman–Crippen LogP) is 4.46. The molecule has 0 saturated carbocycles. The lowest BCUT2D eigenvalue weighted by Crippen LogP contribution is -2.03. The number of nitriles is 1. The summed E-state index contributed by atoms with van der Waals surface area (Å²) in [6.45, 7) is 0. The van der Waals surface area contributed by atoms with Crippen LogP contribution in [-0.2, 0) is 0 Å². The van der Waals surface area contributed by atoms with Crippen LogP contribution >= 0.6 is 0 Å². The molecule has 0 aliphatic carbocycles. The third kappa shape index (κ3) is 2.65. The Bertz CT molecular complexity index is 860. The van der Waals surface area contributed by atoms with E-state index in [9.17, 15) is 4.79 Å². The van der Waals surface area contributed by atoms with Gasteiger partial charge in [0.2, 0.25) is 0 Å². The van der Waals surface area contributed by atoms with Crippen molar-refractivity contribution in [2.24, 2.45) is 0 Å². The van der Waals surface area contributed by atoms with Gasteiger partial charge in [-0.3, -0.25) is 4.79 Å². The number of nitrogens with zero attached hydrogens (tertiary/aromatic N) is 1. The second-order valence-electron chi connectivity index (χ2n) is 4.93. The van der Waals surface area contributed by atoms with E-state index in [0.717, 1.165) is 11.1 Å². The maximum absolute atomic E-state index is 12.7. The molecule has 0 fully saturated rings. The van der Waals surface area contributed by atoms with Crippen molar-refractivity contribution in [1.82, 2.24) is 0 Å². The molecule has 104 valence electrons. The van der Waals surface area contributed by atoms with E-state index >= 15 is 0 Å². The Labute approximate surface area is 129 Å². The maximum Gasteiger partial charge on any atom is 0.193 e. The fraction of sp³-hybridized carbons (Fsp3) is 0. The first-order valence-corrected chi connectivity index (χ1v) is 6.99. The van der Waals surface area contributed by atoms with E-state index in [-0.39, 0.29) is 5.78 Å². The highest BCUT2D eigenvalue weighted by atomic mass is 16.1. The molecule has 3 aromatic carbocycles. The zero-order chi connectivity index (χ0) is 15.4. The quantitative estimate of drug-likeness (QED) is 0.666. The average Bonchev–Trinajstić information content (AvgIpc) is 2.62. The van der Waals surface area contributed by atoms with Crippen molar-refractivity contribution in [1.29, 1.82) is 5.26 Å². The van der Waals surface area contributed by atoms with Gasteiger partial charge in [0, 0.05) is 11.1 Å². The number of carbonyl (C=O) groups is 1. The first-order chi connectivity index (χ1) is 10.8. The maximum atomic E-state index is 12.7. The van der Waals surface area contributed by atoms with E-state index in [1.165, 1.54) is 0 Å². The molecular formula is C20H13NO. The molecule has 0 atom stereocenters. The van der Waals surface area contributed by atoms with E-state index in [0.29, 0.717) is 16.7 Å². The van der Waals surface area contributed by atoms with Crippen LogP contribution in [0.2, 0.25) is 0 Å². The van der Waals surface area contributed by atoms with Gasteiger partial charge in [0.05, 0.1) is 11.6 Å². The van der Waals surface area contributed by atoms with Gasteiger partial charge >= 0.3 is 0 Å². The highest BCUT2D eigenvalue weighted by Gasteiger charge is 2.14. The Kier molecular flexibility index (Phi) is 3.80. The second-order valence-corrected chi connectivity index (χ2v) is 4.93. The number of hydrogen-bond acceptors (Lipinski definition) is 2. The smallest absolute Gasteiger partial charge is 0.193 e. The summed E-state index contributed by atoms with van der Waals surface area (Å²) in [6, 6.07) is 26.1. The molecule has 0 unspecified atom stereocenters.